The number of hydrogen-bond acceptors (Lipinski definition) is 5. The highest BCUT2D eigenvalue weighted by Gasteiger charge is 2.25. The third-order valence-corrected chi connectivity index (χ3v) is 2.09. The van der Waals surface area contributed by atoms with E-state index in [-0.39, 0.29) is 11.8 Å². The molecule has 0 aromatic heterocycles. The zero-order valence-corrected chi connectivity index (χ0v) is 7.06. The van der Waals surface area contributed by atoms with Crippen molar-refractivity contribution in [3.05, 3.63) is 0 Å². The van der Waals surface area contributed by atoms with E-state index in [2.05, 4.69) is 5.43 Å². The van der Waals surface area contributed by atoms with Gasteiger partial charge < -0.3 is 18.4 Å². The van der Waals surface area contributed by atoms with Gasteiger partial charge in [0.25, 0.3) is 0 Å². The van der Waals surface area contributed by atoms with Gasteiger partial charge in [-0.3, -0.25) is 10.3 Å². The van der Waals surface area contributed by atoms with E-state index >= 15 is 0 Å². The maximum Gasteiger partial charge on any atom is 0.126 e. The van der Waals surface area contributed by atoms with E-state index in [1.165, 1.54) is 0 Å². The minimum absolute atomic E-state index is 0.0509. The molecule has 0 bridgehead atoms. The third-order valence-electron chi connectivity index (χ3n) is 1.72. The quantitative estimate of drug-likeness (QED) is 0.475. The van der Waals surface area contributed by atoms with Gasteiger partial charge in [-0.2, -0.15) is 0 Å². The van der Waals surface area contributed by atoms with Crippen LogP contribution in [0.1, 0.15) is 6.92 Å². The maximum atomic E-state index is 5.75. The number of hydrogen-bond donors (Lipinski definition) is 2. The molecule has 0 saturated carbocycles. The number of hydrazine groups is 1. The minimum Gasteiger partial charge on any atom is -0.757 e. The van der Waals surface area contributed by atoms with E-state index in [1.807, 2.05) is 23.9 Å². The van der Waals surface area contributed by atoms with Gasteiger partial charge in [-0.05, 0) is 12.0 Å². The van der Waals surface area contributed by atoms with E-state index in [0.717, 1.165) is 6.54 Å². The van der Waals surface area contributed by atoms with E-state index < -0.39 is 0 Å². The molecule has 1 heterocycles. The predicted octanol–water partition coefficient (Wildman–Crippen LogP) is -1.17. The first-order valence-electron chi connectivity index (χ1n) is 3.33. The average molecular weight is 161 g/mol. The van der Waals surface area contributed by atoms with Crippen LogP contribution in [0.5, 0.6) is 0 Å². The lowest BCUT2D eigenvalue weighted by Gasteiger charge is -2.28. The highest BCUT2D eigenvalue weighted by Crippen LogP contribution is 2.07. The standard InChI is InChI=1S/C5H14N4S/c1-3-9-4(6)8(2)7-5(9)10/h4-5,7,10H,3,6H2,1-2H3/p-1. The topological polar surface area (TPSA) is 44.5 Å². The Labute approximate surface area is 66.7 Å². The zero-order valence-electron chi connectivity index (χ0n) is 6.24. The van der Waals surface area contributed by atoms with Crippen LogP contribution in [0.4, 0.5) is 0 Å². The van der Waals surface area contributed by atoms with Crippen LogP contribution < -0.4 is 11.2 Å². The lowest BCUT2D eigenvalue weighted by atomic mass is 10.6. The highest BCUT2D eigenvalue weighted by molar-refractivity contribution is 7.59. The minimum atomic E-state index is -0.0764. The van der Waals surface area contributed by atoms with Crippen molar-refractivity contribution in [2.75, 3.05) is 13.6 Å². The molecule has 0 spiro atoms. The molecule has 1 rings (SSSR count). The van der Waals surface area contributed by atoms with Crippen LogP contribution in [0, 0.1) is 0 Å². The summed E-state index contributed by atoms with van der Waals surface area (Å²) in [6, 6.07) is 0. The summed E-state index contributed by atoms with van der Waals surface area (Å²) in [6.45, 7) is 2.92. The molecule has 3 N–H and O–H groups in total. The molecule has 0 amide bonds. The van der Waals surface area contributed by atoms with E-state index in [0.29, 0.717) is 0 Å². The normalized spacial score (nSPS) is 37.2. The Bertz CT molecular complexity index is 120. The molecule has 2 unspecified atom stereocenters. The third kappa shape index (κ3) is 1.28. The Morgan fingerprint density at radius 2 is 2.30 bits per heavy atom. The van der Waals surface area contributed by atoms with Crippen molar-refractivity contribution in [1.82, 2.24) is 15.3 Å². The predicted molar refractivity (Wildman–Crippen MR) is 42.4 cm³/mol. The molecule has 5 heteroatoms. The largest absolute Gasteiger partial charge is 0.757 e. The molecule has 60 valence electrons. The SMILES string of the molecule is CCN1C([S-])NN(C)C1N. The van der Waals surface area contributed by atoms with Crippen molar-refractivity contribution in [3.8, 4) is 0 Å². The van der Waals surface area contributed by atoms with Gasteiger partial charge in [0.15, 0.2) is 0 Å². The van der Waals surface area contributed by atoms with Crippen molar-refractivity contribution >= 4 is 12.6 Å². The van der Waals surface area contributed by atoms with Gasteiger partial charge in [0.05, 0.1) is 0 Å². The van der Waals surface area contributed by atoms with Gasteiger partial charge >= 0.3 is 0 Å². The molecule has 2 atom stereocenters. The Kier molecular flexibility index (Phi) is 2.54. The van der Waals surface area contributed by atoms with Gasteiger partial charge in [0, 0.05) is 7.05 Å². The highest BCUT2D eigenvalue weighted by atomic mass is 32.1. The summed E-state index contributed by atoms with van der Waals surface area (Å²) in [4.78, 5) is 2.00. The van der Waals surface area contributed by atoms with Crippen LogP contribution in [0.15, 0.2) is 0 Å². The first-order valence-corrected chi connectivity index (χ1v) is 3.80. The molecule has 1 saturated heterocycles. The molecule has 0 radical (unpaired) electrons. The van der Waals surface area contributed by atoms with Crippen LogP contribution >= 0.6 is 0 Å². The number of nitrogens with zero attached hydrogens (tertiary/aromatic N) is 2. The summed E-state index contributed by atoms with van der Waals surface area (Å²) in [5, 5.41) is 1.82. The number of nitrogens with two attached hydrogens (primary N) is 1. The summed E-state index contributed by atoms with van der Waals surface area (Å²) in [6.07, 6.45) is -0.0764. The fourth-order valence-corrected chi connectivity index (χ4v) is 1.48. The first-order chi connectivity index (χ1) is 4.66. The molecule has 0 aromatic rings. The lowest BCUT2D eigenvalue weighted by molar-refractivity contribution is 0.154. The Morgan fingerprint density at radius 1 is 1.70 bits per heavy atom. The van der Waals surface area contributed by atoms with Gasteiger partial charge in [0.2, 0.25) is 0 Å². The van der Waals surface area contributed by atoms with Gasteiger partial charge in [-0.25, -0.2) is 5.01 Å². The van der Waals surface area contributed by atoms with Crippen LogP contribution in [-0.2, 0) is 12.6 Å². The van der Waals surface area contributed by atoms with Gasteiger partial charge in [0.1, 0.15) is 6.29 Å². The zero-order chi connectivity index (χ0) is 7.72. The molecule has 1 fully saturated rings. The molecule has 1 aliphatic rings. The number of rotatable bonds is 1. The first kappa shape index (κ1) is 8.29. The van der Waals surface area contributed by atoms with Crippen LogP contribution in [0.3, 0.4) is 0 Å². The molecule has 4 nitrogen and oxygen atoms in total. The molecular formula is C5H13N4S-. The molecule has 0 aliphatic carbocycles. The van der Waals surface area contributed by atoms with E-state index in [4.69, 9.17) is 18.4 Å². The van der Waals surface area contributed by atoms with Crippen molar-refractivity contribution in [2.45, 2.75) is 18.7 Å². The van der Waals surface area contributed by atoms with Gasteiger partial charge in [-0.15, -0.1) is 0 Å². The van der Waals surface area contributed by atoms with Crippen molar-refractivity contribution in [1.29, 1.82) is 0 Å². The van der Waals surface area contributed by atoms with Crippen molar-refractivity contribution in [3.63, 3.8) is 0 Å². The Morgan fingerprint density at radius 3 is 2.50 bits per heavy atom. The summed E-state index contributed by atoms with van der Waals surface area (Å²) >= 11 is 5.07. The maximum absolute atomic E-state index is 5.75. The van der Waals surface area contributed by atoms with Crippen LogP contribution in [0.25, 0.3) is 0 Å². The second kappa shape index (κ2) is 3.06. The fourth-order valence-electron chi connectivity index (χ4n) is 1.04. The van der Waals surface area contributed by atoms with Crippen LogP contribution in [0.2, 0.25) is 0 Å². The Balaban J connectivity index is 2.55. The van der Waals surface area contributed by atoms with E-state index in [9.17, 15) is 0 Å². The number of nitrogens with one attached hydrogen (secondary N) is 1. The second-order valence-electron chi connectivity index (χ2n) is 2.34. The molecular weight excluding hydrogens is 148 g/mol. The monoisotopic (exact) mass is 161 g/mol. The Hall–Kier alpha value is 0.190. The van der Waals surface area contributed by atoms with Gasteiger partial charge in [-0.1, -0.05) is 6.92 Å². The summed E-state index contributed by atoms with van der Waals surface area (Å²) in [7, 11) is 1.89. The second-order valence-corrected chi connectivity index (χ2v) is 2.78. The van der Waals surface area contributed by atoms with E-state index in [1.54, 1.807) is 0 Å². The summed E-state index contributed by atoms with van der Waals surface area (Å²) in [5.41, 5.74) is 8.71. The summed E-state index contributed by atoms with van der Waals surface area (Å²) in [5.74, 6) is 0. The fraction of sp³-hybridized carbons (Fsp3) is 1.00. The summed E-state index contributed by atoms with van der Waals surface area (Å²) < 4.78 is 0. The molecule has 0 aromatic carbocycles. The molecule has 1 aliphatic heterocycles. The van der Waals surface area contributed by atoms with Crippen molar-refractivity contribution in [2.24, 2.45) is 5.73 Å². The van der Waals surface area contributed by atoms with Crippen molar-refractivity contribution < 1.29 is 0 Å². The average Bonchev–Trinajstić information content (AvgIpc) is 2.09. The lowest BCUT2D eigenvalue weighted by Crippen LogP contribution is -2.45. The smallest absolute Gasteiger partial charge is 0.126 e. The van der Waals surface area contributed by atoms with Crippen LogP contribution in [-0.4, -0.2) is 35.3 Å². The molecule has 10 heavy (non-hydrogen) atoms.